The zero-order valence-electron chi connectivity index (χ0n) is 16.8. The van der Waals surface area contributed by atoms with Crippen molar-refractivity contribution in [3.8, 4) is 28.1 Å². The van der Waals surface area contributed by atoms with E-state index in [1.807, 2.05) is 6.92 Å². The number of benzene rings is 2. The van der Waals surface area contributed by atoms with E-state index in [0.29, 0.717) is 28.8 Å². The van der Waals surface area contributed by atoms with Crippen molar-refractivity contribution in [1.82, 2.24) is 9.94 Å². The average molecular weight is 432 g/mol. The summed E-state index contributed by atoms with van der Waals surface area (Å²) >= 11 is 0. The van der Waals surface area contributed by atoms with Crippen molar-refractivity contribution < 1.29 is 27.2 Å². The minimum absolute atomic E-state index is 0.0968. The first-order valence-electron chi connectivity index (χ1n) is 9.18. The number of carbonyl (C=O) groups is 1. The Balaban J connectivity index is 2.09. The summed E-state index contributed by atoms with van der Waals surface area (Å²) in [5.41, 5.74) is 1.99. The molecular formula is C21H21FN2O5S. The number of halogens is 1. The van der Waals surface area contributed by atoms with Crippen LogP contribution >= 0.6 is 0 Å². The highest BCUT2D eigenvalue weighted by molar-refractivity contribution is 7.90. The van der Waals surface area contributed by atoms with Gasteiger partial charge in [-0.25, -0.2) is 17.6 Å². The molecule has 3 aromatic rings. The summed E-state index contributed by atoms with van der Waals surface area (Å²) in [6, 6.07) is 10.6. The van der Waals surface area contributed by atoms with Crippen molar-refractivity contribution in [2.45, 2.75) is 24.7 Å². The van der Waals surface area contributed by atoms with Crippen LogP contribution in [0.1, 0.15) is 19.8 Å². The predicted molar refractivity (Wildman–Crippen MR) is 109 cm³/mol. The first kappa shape index (κ1) is 21.5. The zero-order chi connectivity index (χ0) is 21.9. The molecular weight excluding hydrogens is 411 g/mol. The molecule has 0 aliphatic rings. The monoisotopic (exact) mass is 432 g/mol. The van der Waals surface area contributed by atoms with Gasteiger partial charge in [-0.1, -0.05) is 30.0 Å². The normalized spacial score (nSPS) is 11.3. The Morgan fingerprint density at radius 3 is 2.37 bits per heavy atom. The Hall–Kier alpha value is -3.20. The highest BCUT2D eigenvalue weighted by Crippen LogP contribution is 2.33. The van der Waals surface area contributed by atoms with E-state index in [9.17, 15) is 17.6 Å². The molecule has 0 aliphatic heterocycles. The molecule has 3 rings (SSSR count). The molecule has 0 fully saturated rings. The van der Waals surface area contributed by atoms with Crippen LogP contribution in [-0.4, -0.2) is 37.7 Å². The molecule has 0 saturated heterocycles. The van der Waals surface area contributed by atoms with Gasteiger partial charge < -0.3 is 9.57 Å². The smallest absolute Gasteiger partial charge is 0.334 e. The van der Waals surface area contributed by atoms with E-state index in [1.54, 1.807) is 18.2 Å². The molecule has 0 amide bonds. The maximum Gasteiger partial charge on any atom is 0.334 e. The van der Waals surface area contributed by atoms with E-state index >= 15 is 0 Å². The molecule has 1 aromatic heterocycles. The van der Waals surface area contributed by atoms with Gasteiger partial charge in [0.1, 0.15) is 5.69 Å². The summed E-state index contributed by atoms with van der Waals surface area (Å²) in [6.07, 6.45) is 3.45. The molecule has 0 aliphatic carbocycles. The molecule has 9 heteroatoms. The van der Waals surface area contributed by atoms with E-state index < -0.39 is 21.6 Å². The summed E-state index contributed by atoms with van der Waals surface area (Å²) in [6.45, 7) is 1.85. The number of methoxy groups -OCH3 is 1. The summed E-state index contributed by atoms with van der Waals surface area (Å²) in [4.78, 5) is 18.3. The molecule has 2 aromatic carbocycles. The van der Waals surface area contributed by atoms with Crippen LogP contribution in [0.2, 0.25) is 0 Å². The third kappa shape index (κ3) is 4.68. The van der Waals surface area contributed by atoms with Gasteiger partial charge in [0.15, 0.2) is 21.4 Å². The molecule has 0 N–H and O–H groups in total. The minimum Gasteiger partial charge on any atom is -0.494 e. The highest BCUT2D eigenvalue weighted by atomic mass is 32.2. The minimum atomic E-state index is -3.35. The quantitative estimate of drug-likeness (QED) is 0.568. The van der Waals surface area contributed by atoms with Crippen molar-refractivity contribution >= 4 is 15.8 Å². The molecule has 0 radical (unpaired) electrons. The first-order chi connectivity index (χ1) is 14.2. The number of ether oxygens (including phenoxy) is 1. The van der Waals surface area contributed by atoms with Gasteiger partial charge in [0, 0.05) is 23.8 Å². The van der Waals surface area contributed by atoms with Crippen LogP contribution in [0.25, 0.3) is 22.4 Å². The first-order valence-corrected chi connectivity index (χ1v) is 11.1. The number of aromatic nitrogens is 2. The lowest BCUT2D eigenvalue weighted by atomic mass is 10.0. The number of hydrogen-bond acceptors (Lipinski definition) is 6. The lowest BCUT2D eigenvalue weighted by Crippen LogP contribution is -2.19. The van der Waals surface area contributed by atoms with Crippen molar-refractivity contribution in [1.29, 1.82) is 0 Å². The number of hydrogen-bond donors (Lipinski definition) is 0. The molecule has 1 heterocycles. The Labute approximate surface area is 173 Å². The summed E-state index contributed by atoms with van der Waals surface area (Å²) in [5, 5.41) is 4.31. The summed E-state index contributed by atoms with van der Waals surface area (Å²) in [5.74, 6) is -0.907. The van der Waals surface area contributed by atoms with Gasteiger partial charge in [-0.15, -0.1) is 5.10 Å². The third-order valence-electron chi connectivity index (χ3n) is 4.36. The SMILES string of the molecule is CCCC(=O)On1cc(-c2ccc(OC)c(F)c2)c(-c2ccc(S(C)(=O)=O)cc2)n1. The van der Waals surface area contributed by atoms with Gasteiger partial charge in [-0.3, -0.25) is 0 Å². The lowest BCUT2D eigenvalue weighted by Gasteiger charge is -2.06. The maximum atomic E-state index is 14.3. The molecule has 0 atom stereocenters. The van der Waals surface area contributed by atoms with Gasteiger partial charge >= 0.3 is 5.97 Å². The molecule has 158 valence electrons. The van der Waals surface area contributed by atoms with Crippen LogP contribution in [0.15, 0.2) is 53.6 Å². The van der Waals surface area contributed by atoms with E-state index in [4.69, 9.17) is 9.57 Å². The summed E-state index contributed by atoms with van der Waals surface area (Å²) < 4.78 is 42.7. The highest BCUT2D eigenvalue weighted by Gasteiger charge is 2.18. The van der Waals surface area contributed by atoms with Crippen molar-refractivity contribution in [2.75, 3.05) is 13.4 Å². The van der Waals surface area contributed by atoms with Crippen molar-refractivity contribution in [3.05, 3.63) is 54.5 Å². The van der Waals surface area contributed by atoms with Gasteiger partial charge in [0.25, 0.3) is 0 Å². The van der Waals surface area contributed by atoms with Crippen LogP contribution in [-0.2, 0) is 14.6 Å². The third-order valence-corrected chi connectivity index (χ3v) is 5.49. The second-order valence-corrected chi connectivity index (χ2v) is 8.67. The van der Waals surface area contributed by atoms with Crippen LogP contribution in [0, 0.1) is 5.82 Å². The van der Waals surface area contributed by atoms with E-state index in [-0.39, 0.29) is 17.1 Å². The van der Waals surface area contributed by atoms with Crippen molar-refractivity contribution in [3.63, 3.8) is 0 Å². The number of sulfone groups is 1. The van der Waals surface area contributed by atoms with Gasteiger partial charge in [0.2, 0.25) is 0 Å². The Morgan fingerprint density at radius 2 is 1.80 bits per heavy atom. The number of rotatable bonds is 7. The van der Waals surface area contributed by atoms with Crippen LogP contribution < -0.4 is 9.57 Å². The second kappa shape index (κ2) is 8.66. The topological polar surface area (TPSA) is 87.5 Å². The average Bonchev–Trinajstić information content (AvgIpc) is 3.11. The molecule has 0 saturated carbocycles. The van der Waals surface area contributed by atoms with Crippen LogP contribution in [0.3, 0.4) is 0 Å². The molecule has 0 bridgehead atoms. The Bertz CT molecular complexity index is 1170. The Morgan fingerprint density at radius 1 is 1.13 bits per heavy atom. The fourth-order valence-corrected chi connectivity index (χ4v) is 3.50. The zero-order valence-corrected chi connectivity index (χ0v) is 17.6. The Kier molecular flexibility index (Phi) is 6.21. The van der Waals surface area contributed by atoms with Gasteiger partial charge in [-0.2, -0.15) is 0 Å². The molecule has 7 nitrogen and oxygen atoms in total. The lowest BCUT2D eigenvalue weighted by molar-refractivity contribution is -0.145. The fourth-order valence-electron chi connectivity index (χ4n) is 2.87. The maximum absolute atomic E-state index is 14.3. The standard InChI is InChI=1S/C21H21FN2O5S/c1-4-5-20(25)29-24-13-17(15-8-11-19(28-2)18(22)12-15)21(23-24)14-6-9-16(10-7-14)30(3,26)27/h6-13H,4-5H2,1-3H3. The summed E-state index contributed by atoms with van der Waals surface area (Å²) in [7, 11) is -1.98. The fraction of sp³-hybridized carbons (Fsp3) is 0.238. The molecule has 0 unspecified atom stereocenters. The molecule has 30 heavy (non-hydrogen) atoms. The van der Waals surface area contributed by atoms with Gasteiger partial charge in [0.05, 0.1) is 18.2 Å². The molecule has 0 spiro atoms. The van der Waals surface area contributed by atoms with Crippen LogP contribution in [0.4, 0.5) is 4.39 Å². The number of carbonyl (C=O) groups excluding carboxylic acids is 1. The van der Waals surface area contributed by atoms with Crippen LogP contribution in [0.5, 0.6) is 5.75 Å². The van der Waals surface area contributed by atoms with E-state index in [0.717, 1.165) is 11.1 Å². The van der Waals surface area contributed by atoms with E-state index in [2.05, 4.69) is 5.10 Å². The second-order valence-electron chi connectivity index (χ2n) is 6.65. The largest absolute Gasteiger partial charge is 0.494 e. The van der Waals surface area contributed by atoms with Gasteiger partial charge in [-0.05, 0) is 36.2 Å². The van der Waals surface area contributed by atoms with E-state index in [1.165, 1.54) is 37.6 Å². The number of nitrogens with zero attached hydrogens (tertiary/aromatic N) is 2. The van der Waals surface area contributed by atoms with Crippen molar-refractivity contribution in [2.24, 2.45) is 0 Å². The predicted octanol–water partition coefficient (Wildman–Crippen LogP) is 3.52.